The lowest BCUT2D eigenvalue weighted by molar-refractivity contribution is 0.318. The zero-order chi connectivity index (χ0) is 18.6. The summed E-state index contributed by atoms with van der Waals surface area (Å²) >= 11 is 6.97. The van der Waals surface area contributed by atoms with Gasteiger partial charge in [-0.3, -0.25) is 0 Å². The van der Waals surface area contributed by atoms with Gasteiger partial charge in [0, 0.05) is 22.4 Å². The van der Waals surface area contributed by atoms with Crippen LogP contribution in [0.25, 0.3) is 11.1 Å². The van der Waals surface area contributed by atoms with Crippen LogP contribution in [0.15, 0.2) is 29.4 Å². The van der Waals surface area contributed by atoms with Crippen molar-refractivity contribution in [3.63, 3.8) is 0 Å². The Kier molecular flexibility index (Phi) is 4.03. The summed E-state index contributed by atoms with van der Waals surface area (Å²) in [6, 6.07) is 8.40. The lowest BCUT2D eigenvalue weighted by Crippen LogP contribution is -2.37. The molecule has 2 N–H and O–H groups in total. The number of hydrogen-bond donors (Lipinski definition) is 2. The van der Waals surface area contributed by atoms with Gasteiger partial charge in [0.1, 0.15) is 0 Å². The highest BCUT2D eigenvalue weighted by atomic mass is 35.5. The van der Waals surface area contributed by atoms with Crippen molar-refractivity contribution in [2.75, 3.05) is 5.32 Å². The van der Waals surface area contributed by atoms with Crippen LogP contribution < -0.4 is 5.32 Å². The van der Waals surface area contributed by atoms with Crippen LogP contribution in [0, 0.1) is 6.92 Å². The molecular weight excluding hydrogens is 344 g/mol. The zero-order valence-corrected chi connectivity index (χ0v) is 16.5. The van der Waals surface area contributed by atoms with Crippen molar-refractivity contribution in [2.45, 2.75) is 58.4 Å². The third-order valence-electron chi connectivity index (χ3n) is 5.78. The molecule has 1 atom stereocenters. The molecule has 0 spiro atoms. The molecule has 1 aliphatic heterocycles. The van der Waals surface area contributed by atoms with Gasteiger partial charge in [0.25, 0.3) is 0 Å². The molecule has 0 bridgehead atoms. The highest BCUT2D eigenvalue weighted by molar-refractivity contribution is 6.35. The van der Waals surface area contributed by atoms with Crippen molar-refractivity contribution < 1.29 is 5.21 Å². The number of rotatable bonds is 1. The maximum Gasteiger partial charge on any atom is 0.0874 e. The molecule has 1 unspecified atom stereocenters. The van der Waals surface area contributed by atoms with Crippen molar-refractivity contribution in [2.24, 2.45) is 5.16 Å². The second kappa shape index (κ2) is 6.02. The van der Waals surface area contributed by atoms with Crippen molar-refractivity contribution in [3.05, 3.63) is 51.5 Å². The largest absolute Gasteiger partial charge is 0.411 e. The number of nitrogens with one attached hydrogen (secondary N) is 1. The van der Waals surface area contributed by atoms with E-state index in [0.717, 1.165) is 46.7 Å². The van der Waals surface area contributed by atoms with Gasteiger partial charge in [-0.05, 0) is 74.3 Å². The summed E-state index contributed by atoms with van der Waals surface area (Å²) in [7, 11) is 0. The van der Waals surface area contributed by atoms with Crippen molar-refractivity contribution in [1.82, 2.24) is 0 Å². The summed E-state index contributed by atoms with van der Waals surface area (Å²) in [6.45, 7) is 8.91. The fraction of sp³-hybridized carbons (Fsp3) is 0.409. The van der Waals surface area contributed by atoms with Crippen molar-refractivity contribution in [1.29, 1.82) is 0 Å². The average Bonchev–Trinajstić information content (AvgIpc) is 3.00. The second-order valence-corrected chi connectivity index (χ2v) is 8.71. The van der Waals surface area contributed by atoms with E-state index in [1.165, 1.54) is 22.4 Å². The highest BCUT2D eigenvalue weighted by Crippen LogP contribution is 2.48. The maximum absolute atomic E-state index is 9.27. The Labute approximate surface area is 160 Å². The summed E-state index contributed by atoms with van der Waals surface area (Å²) in [6.07, 6.45) is 2.71. The maximum atomic E-state index is 9.27. The lowest BCUT2D eigenvalue weighted by Gasteiger charge is -2.39. The Morgan fingerprint density at radius 1 is 1.19 bits per heavy atom. The number of nitrogens with zero attached hydrogens (tertiary/aromatic N) is 1. The number of halogens is 1. The number of oxime groups is 1. The average molecular weight is 369 g/mol. The molecule has 4 rings (SSSR count). The minimum absolute atomic E-state index is 0.0719. The predicted octanol–water partition coefficient (Wildman–Crippen LogP) is 6.14. The van der Waals surface area contributed by atoms with Gasteiger partial charge in [-0.15, -0.1) is 0 Å². The van der Waals surface area contributed by atoms with Crippen molar-refractivity contribution in [3.8, 4) is 11.1 Å². The molecule has 1 aliphatic carbocycles. The van der Waals surface area contributed by atoms with Gasteiger partial charge < -0.3 is 10.5 Å². The molecular formula is C22H25ClN2O. The summed E-state index contributed by atoms with van der Waals surface area (Å²) in [4.78, 5) is 0. The van der Waals surface area contributed by atoms with Crippen LogP contribution in [0.1, 0.15) is 61.8 Å². The first-order valence-electron chi connectivity index (χ1n) is 9.27. The first-order valence-corrected chi connectivity index (χ1v) is 9.65. The van der Waals surface area contributed by atoms with Crippen molar-refractivity contribution >= 4 is 23.0 Å². The van der Waals surface area contributed by atoms with E-state index in [2.05, 4.69) is 50.3 Å². The smallest absolute Gasteiger partial charge is 0.0874 e. The normalized spacial score (nSPS) is 22.0. The van der Waals surface area contributed by atoms with Gasteiger partial charge in [0.05, 0.1) is 10.7 Å². The minimum Gasteiger partial charge on any atom is -0.411 e. The summed E-state index contributed by atoms with van der Waals surface area (Å²) in [5.74, 6) is 0.402. The van der Waals surface area contributed by atoms with E-state index >= 15 is 0 Å². The Bertz CT molecular complexity index is 930. The molecule has 26 heavy (non-hydrogen) atoms. The molecule has 3 nitrogen and oxygen atoms in total. The van der Waals surface area contributed by atoms with E-state index in [4.69, 9.17) is 11.6 Å². The van der Waals surface area contributed by atoms with E-state index < -0.39 is 0 Å². The molecule has 0 amide bonds. The zero-order valence-electron chi connectivity index (χ0n) is 15.8. The third kappa shape index (κ3) is 2.61. The Balaban J connectivity index is 1.93. The van der Waals surface area contributed by atoms with E-state index in [9.17, 15) is 5.21 Å². The summed E-state index contributed by atoms with van der Waals surface area (Å²) in [5.41, 5.74) is 9.02. The van der Waals surface area contributed by atoms with Crippen LogP contribution in [-0.2, 0) is 6.42 Å². The van der Waals surface area contributed by atoms with Crippen LogP contribution in [-0.4, -0.2) is 16.5 Å². The SMILES string of the molecule is Cc1cc(-c2cccc3c2CCC3=NO)c(Cl)c2c1NC(C)(C)CC2C. The van der Waals surface area contributed by atoms with Gasteiger partial charge in [0.15, 0.2) is 0 Å². The third-order valence-corrected chi connectivity index (χ3v) is 6.19. The molecule has 1 heterocycles. The summed E-state index contributed by atoms with van der Waals surface area (Å²) < 4.78 is 0. The van der Waals surface area contributed by atoms with E-state index in [-0.39, 0.29) is 5.54 Å². The minimum atomic E-state index is 0.0719. The van der Waals surface area contributed by atoms with Gasteiger partial charge in [-0.25, -0.2) is 0 Å². The van der Waals surface area contributed by atoms with Gasteiger partial charge >= 0.3 is 0 Å². The lowest BCUT2D eigenvalue weighted by atomic mass is 9.79. The summed E-state index contributed by atoms with van der Waals surface area (Å²) in [5, 5.41) is 17.3. The molecule has 4 heteroatoms. The van der Waals surface area contributed by atoms with Crippen LogP contribution >= 0.6 is 11.6 Å². The van der Waals surface area contributed by atoms with Gasteiger partial charge in [-0.2, -0.15) is 0 Å². The van der Waals surface area contributed by atoms with Gasteiger partial charge in [0.2, 0.25) is 0 Å². The van der Waals surface area contributed by atoms with Gasteiger partial charge in [-0.1, -0.05) is 41.9 Å². The first kappa shape index (κ1) is 17.4. The fourth-order valence-electron chi connectivity index (χ4n) is 4.76. The van der Waals surface area contributed by atoms with Crippen LogP contribution in [0.3, 0.4) is 0 Å². The molecule has 0 fully saturated rings. The fourth-order valence-corrected chi connectivity index (χ4v) is 5.20. The standard InChI is InChI=1S/C22H25ClN2O/c1-12-10-17(14-6-5-7-16-15(14)8-9-18(16)25-26)20(23)19-13(2)11-22(3,4)24-21(12)19/h5-7,10,13,24,26H,8-9,11H2,1-4H3. The van der Waals surface area contributed by atoms with E-state index in [0.29, 0.717) is 5.92 Å². The van der Waals surface area contributed by atoms with E-state index in [1.807, 2.05) is 12.1 Å². The Morgan fingerprint density at radius 2 is 1.92 bits per heavy atom. The number of benzene rings is 2. The molecule has 2 aromatic carbocycles. The monoisotopic (exact) mass is 368 g/mol. The number of anilines is 1. The first-order chi connectivity index (χ1) is 12.3. The molecule has 0 aromatic heterocycles. The number of hydrogen-bond acceptors (Lipinski definition) is 3. The molecule has 2 aliphatic rings. The molecule has 0 saturated heterocycles. The Hall–Kier alpha value is -2.00. The second-order valence-electron chi connectivity index (χ2n) is 8.34. The topological polar surface area (TPSA) is 44.6 Å². The molecule has 0 saturated carbocycles. The van der Waals surface area contributed by atoms with Crippen LogP contribution in [0.5, 0.6) is 0 Å². The Morgan fingerprint density at radius 3 is 2.65 bits per heavy atom. The van der Waals surface area contributed by atoms with Crippen LogP contribution in [0.4, 0.5) is 5.69 Å². The highest BCUT2D eigenvalue weighted by Gasteiger charge is 2.33. The molecule has 2 aromatic rings. The number of fused-ring (bicyclic) bond motifs is 2. The predicted molar refractivity (Wildman–Crippen MR) is 109 cm³/mol. The molecule has 0 radical (unpaired) electrons. The number of aryl methyl sites for hydroxylation is 1. The van der Waals surface area contributed by atoms with E-state index in [1.54, 1.807) is 0 Å². The molecule has 136 valence electrons. The quantitative estimate of drug-likeness (QED) is 0.469. The van der Waals surface area contributed by atoms with Crippen LogP contribution in [0.2, 0.25) is 5.02 Å².